The van der Waals surface area contributed by atoms with Gasteiger partial charge in [0.1, 0.15) is 0 Å². The number of anilines is 1. The van der Waals surface area contributed by atoms with Gasteiger partial charge < -0.3 is 16.3 Å². The number of hydrogen-bond donors (Lipinski definition) is 3. The van der Waals surface area contributed by atoms with Crippen LogP contribution in [0.3, 0.4) is 0 Å². The van der Waals surface area contributed by atoms with E-state index in [1.807, 2.05) is 0 Å². The van der Waals surface area contributed by atoms with Gasteiger partial charge >= 0.3 is 0 Å². The SMILES string of the molecule is N[C@H]1CC[C@H](CNc2ccc3c(c2)CCC3=NO)CC1. The number of aryl methyl sites for hydroxylation is 1. The Bertz CT molecular complexity index is 504. The molecule has 20 heavy (non-hydrogen) atoms. The van der Waals surface area contributed by atoms with Gasteiger partial charge in [0.15, 0.2) is 0 Å². The highest BCUT2D eigenvalue weighted by molar-refractivity contribution is 6.04. The summed E-state index contributed by atoms with van der Waals surface area (Å²) in [4.78, 5) is 0. The molecule has 4 nitrogen and oxygen atoms in total. The molecule has 0 heterocycles. The van der Waals surface area contributed by atoms with E-state index >= 15 is 0 Å². The lowest BCUT2D eigenvalue weighted by molar-refractivity contribution is 0.318. The minimum absolute atomic E-state index is 0.419. The average molecular weight is 273 g/mol. The van der Waals surface area contributed by atoms with Gasteiger partial charge in [-0.3, -0.25) is 0 Å². The highest BCUT2D eigenvalue weighted by Gasteiger charge is 2.20. The van der Waals surface area contributed by atoms with Crippen LogP contribution in [0.1, 0.15) is 43.2 Å². The Hall–Kier alpha value is -1.55. The lowest BCUT2D eigenvalue weighted by Gasteiger charge is -2.26. The Morgan fingerprint density at radius 3 is 2.75 bits per heavy atom. The van der Waals surface area contributed by atoms with Gasteiger partial charge in [-0.1, -0.05) is 11.2 Å². The molecule has 0 bridgehead atoms. The van der Waals surface area contributed by atoms with Crippen LogP contribution in [0, 0.1) is 5.92 Å². The van der Waals surface area contributed by atoms with Crippen molar-refractivity contribution >= 4 is 11.4 Å². The third-order valence-corrected chi connectivity index (χ3v) is 4.65. The first-order chi connectivity index (χ1) is 9.76. The van der Waals surface area contributed by atoms with Gasteiger partial charge in [0.05, 0.1) is 5.71 Å². The van der Waals surface area contributed by atoms with Crippen molar-refractivity contribution in [1.82, 2.24) is 0 Å². The number of oxime groups is 1. The number of nitrogens with two attached hydrogens (primary N) is 1. The third-order valence-electron chi connectivity index (χ3n) is 4.65. The summed E-state index contributed by atoms with van der Waals surface area (Å²) >= 11 is 0. The van der Waals surface area contributed by atoms with Crippen molar-refractivity contribution in [2.45, 2.75) is 44.6 Å². The molecule has 0 aliphatic heterocycles. The van der Waals surface area contributed by atoms with Crippen LogP contribution >= 0.6 is 0 Å². The standard InChI is InChI=1S/C16H23N3O/c17-13-4-1-11(2-5-13)10-18-14-6-7-15-12(9-14)3-8-16(15)19-20/h6-7,9,11,13,18,20H,1-5,8,10,17H2/t11-,13-. The molecular weight excluding hydrogens is 250 g/mol. The van der Waals surface area contributed by atoms with Crippen molar-refractivity contribution in [1.29, 1.82) is 0 Å². The summed E-state index contributed by atoms with van der Waals surface area (Å²) in [6, 6.07) is 6.77. The lowest BCUT2D eigenvalue weighted by atomic mass is 9.86. The van der Waals surface area contributed by atoms with Gasteiger partial charge in [0.2, 0.25) is 0 Å². The molecule has 1 saturated carbocycles. The topological polar surface area (TPSA) is 70.6 Å². The zero-order valence-corrected chi connectivity index (χ0v) is 11.8. The van der Waals surface area contributed by atoms with Crippen LogP contribution < -0.4 is 11.1 Å². The molecule has 1 aromatic rings. The van der Waals surface area contributed by atoms with E-state index in [-0.39, 0.29) is 0 Å². The van der Waals surface area contributed by atoms with Gasteiger partial charge in [-0.05, 0) is 62.1 Å². The van der Waals surface area contributed by atoms with Crippen molar-refractivity contribution < 1.29 is 5.21 Å². The molecule has 1 fully saturated rings. The van der Waals surface area contributed by atoms with Crippen LogP contribution in [0.4, 0.5) is 5.69 Å². The number of fused-ring (bicyclic) bond motifs is 1. The number of benzene rings is 1. The molecule has 0 spiro atoms. The zero-order chi connectivity index (χ0) is 13.9. The van der Waals surface area contributed by atoms with Crippen LogP contribution in [0.5, 0.6) is 0 Å². The minimum atomic E-state index is 0.419. The summed E-state index contributed by atoms with van der Waals surface area (Å²) in [6.45, 7) is 1.03. The van der Waals surface area contributed by atoms with Crippen molar-refractivity contribution in [3.8, 4) is 0 Å². The van der Waals surface area contributed by atoms with Gasteiger partial charge in [-0.25, -0.2) is 0 Å². The molecule has 2 aliphatic carbocycles. The van der Waals surface area contributed by atoms with Gasteiger partial charge in [-0.15, -0.1) is 0 Å². The molecule has 0 saturated heterocycles. The second-order valence-corrected chi connectivity index (χ2v) is 6.08. The smallest absolute Gasteiger partial charge is 0.0873 e. The third kappa shape index (κ3) is 2.80. The summed E-state index contributed by atoms with van der Waals surface area (Å²) in [5, 5.41) is 15.9. The van der Waals surface area contributed by atoms with Crippen LogP contribution in [0.25, 0.3) is 0 Å². The van der Waals surface area contributed by atoms with E-state index in [0.717, 1.165) is 49.4 Å². The molecule has 0 radical (unpaired) electrons. The van der Waals surface area contributed by atoms with Gasteiger partial charge in [-0.2, -0.15) is 0 Å². The van der Waals surface area contributed by atoms with Crippen molar-refractivity contribution in [3.63, 3.8) is 0 Å². The van der Waals surface area contributed by atoms with E-state index in [2.05, 4.69) is 28.7 Å². The molecule has 0 amide bonds. The predicted octanol–water partition coefficient (Wildman–Crippen LogP) is 2.74. The molecular formula is C16H23N3O. The molecule has 0 aromatic heterocycles. The summed E-state index contributed by atoms with van der Waals surface area (Å²) in [7, 11) is 0. The second kappa shape index (κ2) is 5.83. The number of hydrogen-bond acceptors (Lipinski definition) is 4. The maximum Gasteiger partial charge on any atom is 0.0873 e. The molecule has 3 rings (SSSR count). The summed E-state index contributed by atoms with van der Waals surface area (Å²) in [6.07, 6.45) is 6.61. The second-order valence-electron chi connectivity index (χ2n) is 6.08. The summed E-state index contributed by atoms with van der Waals surface area (Å²) in [5.41, 5.74) is 10.3. The Morgan fingerprint density at radius 1 is 1.20 bits per heavy atom. The fourth-order valence-electron chi connectivity index (χ4n) is 3.34. The first-order valence-electron chi connectivity index (χ1n) is 7.60. The first kappa shape index (κ1) is 13.4. The Labute approximate surface area is 120 Å². The summed E-state index contributed by atoms with van der Waals surface area (Å²) < 4.78 is 0. The van der Waals surface area contributed by atoms with E-state index in [9.17, 15) is 0 Å². The van der Waals surface area contributed by atoms with E-state index in [1.54, 1.807) is 0 Å². The predicted molar refractivity (Wildman–Crippen MR) is 81.5 cm³/mol. The highest BCUT2D eigenvalue weighted by Crippen LogP contribution is 2.27. The Kier molecular flexibility index (Phi) is 3.92. The number of rotatable bonds is 3. The van der Waals surface area contributed by atoms with Crippen LogP contribution in [-0.2, 0) is 6.42 Å². The van der Waals surface area contributed by atoms with Crippen LogP contribution in [0.2, 0.25) is 0 Å². The number of nitrogens with zero attached hydrogens (tertiary/aromatic N) is 1. The normalized spacial score (nSPS) is 27.6. The fourth-order valence-corrected chi connectivity index (χ4v) is 3.34. The molecule has 108 valence electrons. The minimum Gasteiger partial charge on any atom is -0.411 e. The molecule has 0 atom stereocenters. The van der Waals surface area contributed by atoms with Crippen molar-refractivity contribution in [2.24, 2.45) is 16.8 Å². The number of nitrogens with one attached hydrogen (secondary N) is 1. The largest absolute Gasteiger partial charge is 0.411 e. The van der Waals surface area contributed by atoms with Crippen LogP contribution in [-0.4, -0.2) is 23.5 Å². The maximum atomic E-state index is 8.94. The quantitative estimate of drug-likeness (QED) is 0.586. The van der Waals surface area contributed by atoms with E-state index in [4.69, 9.17) is 10.9 Å². The van der Waals surface area contributed by atoms with E-state index in [1.165, 1.54) is 24.1 Å². The van der Waals surface area contributed by atoms with E-state index in [0.29, 0.717) is 6.04 Å². The average Bonchev–Trinajstić information content (AvgIpc) is 2.89. The molecule has 2 aliphatic rings. The first-order valence-corrected chi connectivity index (χ1v) is 7.60. The monoisotopic (exact) mass is 273 g/mol. The van der Waals surface area contributed by atoms with E-state index < -0.39 is 0 Å². The van der Waals surface area contributed by atoms with Crippen LogP contribution in [0.15, 0.2) is 23.4 Å². The van der Waals surface area contributed by atoms with Crippen molar-refractivity contribution in [2.75, 3.05) is 11.9 Å². The molecule has 1 aromatic carbocycles. The molecule has 4 N–H and O–H groups in total. The Balaban J connectivity index is 1.59. The molecule has 0 unspecified atom stereocenters. The highest BCUT2D eigenvalue weighted by atomic mass is 16.4. The Morgan fingerprint density at radius 2 is 2.00 bits per heavy atom. The zero-order valence-electron chi connectivity index (χ0n) is 11.8. The molecule has 4 heteroatoms. The maximum absolute atomic E-state index is 8.94. The fraction of sp³-hybridized carbons (Fsp3) is 0.562. The van der Waals surface area contributed by atoms with Gasteiger partial charge in [0.25, 0.3) is 0 Å². The summed E-state index contributed by atoms with van der Waals surface area (Å²) in [5.74, 6) is 0.748. The lowest BCUT2D eigenvalue weighted by Crippen LogP contribution is -2.29. The van der Waals surface area contributed by atoms with Gasteiger partial charge in [0, 0.05) is 23.8 Å². The van der Waals surface area contributed by atoms with Crippen molar-refractivity contribution in [3.05, 3.63) is 29.3 Å².